The second-order valence-corrected chi connectivity index (χ2v) is 5.01. The topological polar surface area (TPSA) is 36.4 Å². The third-order valence-electron chi connectivity index (χ3n) is 3.61. The van der Waals surface area contributed by atoms with Crippen molar-refractivity contribution in [2.45, 2.75) is 27.7 Å². The Labute approximate surface area is 114 Å². The standard InChI is InChI=1S/C16H20N2O/c1-10-6-8-14(9-7-10)18(5)16-12(3)11(2)15(19)13(4)17-16/h6-9,19H,1-5H3. The highest BCUT2D eigenvalue weighted by Crippen LogP contribution is 2.32. The van der Waals surface area contributed by atoms with Gasteiger partial charge >= 0.3 is 0 Å². The van der Waals surface area contributed by atoms with Crippen LogP contribution in [0.15, 0.2) is 24.3 Å². The third-order valence-corrected chi connectivity index (χ3v) is 3.61. The largest absolute Gasteiger partial charge is 0.506 e. The Morgan fingerprint density at radius 3 is 2.11 bits per heavy atom. The highest BCUT2D eigenvalue weighted by Gasteiger charge is 2.15. The molecule has 0 bridgehead atoms. The zero-order valence-electron chi connectivity index (χ0n) is 12.2. The Bertz CT molecular complexity index is 603. The quantitative estimate of drug-likeness (QED) is 0.888. The summed E-state index contributed by atoms with van der Waals surface area (Å²) in [7, 11) is 2.00. The van der Waals surface area contributed by atoms with Crippen LogP contribution >= 0.6 is 0 Å². The SMILES string of the molecule is Cc1ccc(N(C)c2nc(C)c(O)c(C)c2C)cc1. The molecule has 2 rings (SSSR count). The minimum absolute atomic E-state index is 0.290. The van der Waals surface area contributed by atoms with E-state index >= 15 is 0 Å². The zero-order chi connectivity index (χ0) is 14.2. The highest BCUT2D eigenvalue weighted by molar-refractivity contribution is 5.65. The van der Waals surface area contributed by atoms with Crippen molar-refractivity contribution in [2.75, 3.05) is 11.9 Å². The molecular weight excluding hydrogens is 236 g/mol. The van der Waals surface area contributed by atoms with Crippen molar-refractivity contribution in [3.63, 3.8) is 0 Å². The van der Waals surface area contributed by atoms with Gasteiger partial charge in [-0.3, -0.25) is 0 Å². The first-order valence-electron chi connectivity index (χ1n) is 6.39. The fraction of sp³-hybridized carbons (Fsp3) is 0.312. The molecular formula is C16H20N2O. The van der Waals surface area contributed by atoms with Crippen LogP contribution in [0.2, 0.25) is 0 Å². The molecule has 1 aromatic heterocycles. The van der Waals surface area contributed by atoms with E-state index in [2.05, 4.69) is 36.2 Å². The first-order valence-corrected chi connectivity index (χ1v) is 6.39. The fourth-order valence-electron chi connectivity index (χ4n) is 2.13. The minimum Gasteiger partial charge on any atom is -0.506 e. The maximum absolute atomic E-state index is 9.92. The number of benzene rings is 1. The zero-order valence-corrected chi connectivity index (χ0v) is 12.2. The summed E-state index contributed by atoms with van der Waals surface area (Å²) in [5, 5.41) is 9.92. The van der Waals surface area contributed by atoms with E-state index in [0.29, 0.717) is 11.4 Å². The van der Waals surface area contributed by atoms with Gasteiger partial charge in [-0.15, -0.1) is 0 Å². The summed E-state index contributed by atoms with van der Waals surface area (Å²) in [5.74, 6) is 1.18. The van der Waals surface area contributed by atoms with Crippen LogP contribution in [0, 0.1) is 27.7 Å². The molecule has 0 fully saturated rings. The first-order chi connectivity index (χ1) is 8.91. The Morgan fingerprint density at radius 1 is 0.947 bits per heavy atom. The summed E-state index contributed by atoms with van der Waals surface area (Å²) in [6.45, 7) is 7.81. The van der Waals surface area contributed by atoms with Gasteiger partial charge in [0.05, 0.1) is 5.69 Å². The van der Waals surface area contributed by atoms with E-state index in [1.165, 1.54) is 5.56 Å². The van der Waals surface area contributed by atoms with Gasteiger partial charge in [-0.25, -0.2) is 4.98 Å². The van der Waals surface area contributed by atoms with E-state index in [1.807, 2.05) is 32.7 Å². The molecule has 0 aliphatic heterocycles. The molecule has 0 unspecified atom stereocenters. The maximum Gasteiger partial charge on any atom is 0.140 e. The smallest absolute Gasteiger partial charge is 0.140 e. The van der Waals surface area contributed by atoms with Crippen LogP contribution in [0.3, 0.4) is 0 Å². The summed E-state index contributed by atoms with van der Waals surface area (Å²) >= 11 is 0. The van der Waals surface area contributed by atoms with E-state index in [1.54, 1.807) is 0 Å². The van der Waals surface area contributed by atoms with E-state index in [4.69, 9.17) is 0 Å². The molecule has 0 radical (unpaired) electrons. The van der Waals surface area contributed by atoms with Crippen LogP contribution in [-0.2, 0) is 0 Å². The molecule has 0 saturated carbocycles. The van der Waals surface area contributed by atoms with Crippen LogP contribution in [-0.4, -0.2) is 17.1 Å². The van der Waals surface area contributed by atoms with Crippen LogP contribution < -0.4 is 4.90 Å². The van der Waals surface area contributed by atoms with Crippen molar-refractivity contribution >= 4 is 11.5 Å². The molecule has 1 aromatic carbocycles. The Morgan fingerprint density at radius 2 is 1.53 bits per heavy atom. The number of hydrogen-bond donors (Lipinski definition) is 1. The normalized spacial score (nSPS) is 10.6. The summed E-state index contributed by atoms with van der Waals surface area (Å²) in [6.07, 6.45) is 0. The Kier molecular flexibility index (Phi) is 3.47. The van der Waals surface area contributed by atoms with Crippen LogP contribution in [0.1, 0.15) is 22.4 Å². The van der Waals surface area contributed by atoms with Gasteiger partial charge in [0, 0.05) is 12.7 Å². The van der Waals surface area contributed by atoms with Gasteiger partial charge in [-0.2, -0.15) is 0 Å². The summed E-state index contributed by atoms with van der Waals surface area (Å²) in [5.41, 5.74) is 4.88. The van der Waals surface area contributed by atoms with E-state index in [-0.39, 0.29) is 0 Å². The van der Waals surface area contributed by atoms with Crippen molar-refractivity contribution in [1.82, 2.24) is 4.98 Å². The molecule has 1 N–H and O–H groups in total. The average molecular weight is 256 g/mol. The molecule has 2 aromatic rings. The van der Waals surface area contributed by atoms with Crippen molar-refractivity contribution in [3.8, 4) is 5.75 Å². The van der Waals surface area contributed by atoms with Crippen LogP contribution in [0.25, 0.3) is 0 Å². The van der Waals surface area contributed by atoms with E-state index < -0.39 is 0 Å². The number of aryl methyl sites for hydroxylation is 2. The van der Waals surface area contributed by atoms with Crippen LogP contribution in [0.4, 0.5) is 11.5 Å². The summed E-state index contributed by atoms with van der Waals surface area (Å²) < 4.78 is 0. The predicted molar refractivity (Wildman–Crippen MR) is 79.4 cm³/mol. The predicted octanol–water partition coefficient (Wildman–Crippen LogP) is 3.79. The van der Waals surface area contributed by atoms with Gasteiger partial charge in [0.2, 0.25) is 0 Å². The molecule has 0 amide bonds. The lowest BCUT2D eigenvalue weighted by molar-refractivity contribution is 0.462. The van der Waals surface area contributed by atoms with Gasteiger partial charge in [-0.1, -0.05) is 17.7 Å². The molecule has 0 saturated heterocycles. The van der Waals surface area contributed by atoms with Gasteiger partial charge in [0.1, 0.15) is 11.6 Å². The molecule has 1 heterocycles. The number of pyridine rings is 1. The lowest BCUT2D eigenvalue weighted by Crippen LogP contribution is -2.14. The third kappa shape index (κ3) is 2.41. The van der Waals surface area contributed by atoms with Gasteiger partial charge in [0.15, 0.2) is 0 Å². The molecule has 0 aliphatic rings. The number of rotatable bonds is 2. The number of anilines is 2. The summed E-state index contributed by atoms with van der Waals surface area (Å²) in [6, 6.07) is 8.32. The van der Waals surface area contributed by atoms with Crippen molar-refractivity contribution < 1.29 is 5.11 Å². The molecule has 100 valence electrons. The van der Waals surface area contributed by atoms with E-state index in [9.17, 15) is 5.11 Å². The lowest BCUT2D eigenvalue weighted by atomic mass is 10.1. The van der Waals surface area contributed by atoms with Crippen molar-refractivity contribution in [2.24, 2.45) is 0 Å². The number of hydrogen-bond acceptors (Lipinski definition) is 3. The molecule has 0 aliphatic carbocycles. The Balaban J connectivity index is 2.50. The monoisotopic (exact) mass is 256 g/mol. The number of nitrogens with zero attached hydrogens (tertiary/aromatic N) is 2. The van der Waals surface area contributed by atoms with Gasteiger partial charge in [-0.05, 0) is 51.0 Å². The molecule has 3 nitrogen and oxygen atoms in total. The van der Waals surface area contributed by atoms with Crippen LogP contribution in [0.5, 0.6) is 5.75 Å². The molecule has 3 heteroatoms. The summed E-state index contributed by atoms with van der Waals surface area (Å²) in [4.78, 5) is 6.56. The van der Waals surface area contributed by atoms with Crippen molar-refractivity contribution in [3.05, 3.63) is 46.6 Å². The Hall–Kier alpha value is -2.03. The minimum atomic E-state index is 0.290. The average Bonchev–Trinajstić information content (AvgIpc) is 2.40. The molecule has 0 atom stereocenters. The lowest BCUT2D eigenvalue weighted by Gasteiger charge is -2.22. The van der Waals surface area contributed by atoms with Crippen molar-refractivity contribution in [1.29, 1.82) is 0 Å². The second-order valence-electron chi connectivity index (χ2n) is 5.01. The number of aromatic hydroxyl groups is 1. The first kappa shape index (κ1) is 13.4. The molecule has 19 heavy (non-hydrogen) atoms. The number of aromatic nitrogens is 1. The van der Waals surface area contributed by atoms with E-state index in [0.717, 1.165) is 22.6 Å². The fourth-order valence-corrected chi connectivity index (χ4v) is 2.13. The molecule has 0 spiro atoms. The van der Waals surface area contributed by atoms with Gasteiger partial charge < -0.3 is 10.0 Å². The second kappa shape index (κ2) is 4.92. The highest BCUT2D eigenvalue weighted by atomic mass is 16.3. The maximum atomic E-state index is 9.92. The van der Waals surface area contributed by atoms with Gasteiger partial charge in [0.25, 0.3) is 0 Å².